The van der Waals surface area contributed by atoms with Crippen molar-refractivity contribution in [1.29, 1.82) is 0 Å². The average molecular weight is 788 g/mol. The summed E-state index contributed by atoms with van der Waals surface area (Å²) in [6, 6.07) is 14.4. The Bertz CT molecular complexity index is 2000. The molecular formula is C44H65N7O4S. The van der Waals surface area contributed by atoms with E-state index in [0.717, 1.165) is 35.3 Å². The zero-order valence-electron chi connectivity index (χ0n) is 35.9. The SMILES string of the molecule is [C-]#[N+]C1=C(OCOC2C(C(C)(C)C)CC(C)CC2C(C)(C)C)c2nc(-c3ccc(C(C)(C)C)cc3)nn2C1Nc1ccc(N(CC)CCNS(C)(=O)=O)cc1C. The first-order chi connectivity index (χ1) is 26.0. The van der Waals surface area contributed by atoms with Crippen LogP contribution >= 0.6 is 0 Å². The van der Waals surface area contributed by atoms with E-state index in [1.165, 1.54) is 11.8 Å². The molecule has 0 bridgehead atoms. The van der Waals surface area contributed by atoms with Gasteiger partial charge in [0.2, 0.25) is 10.0 Å². The summed E-state index contributed by atoms with van der Waals surface area (Å²) in [5, 5.41) is 8.58. The fourth-order valence-electron chi connectivity index (χ4n) is 8.23. The maximum atomic E-state index is 11.6. The molecular weight excluding hydrogens is 723 g/mol. The van der Waals surface area contributed by atoms with Crippen molar-refractivity contribution in [2.75, 3.05) is 42.9 Å². The first-order valence-corrected chi connectivity index (χ1v) is 21.9. The number of hydrogen-bond donors (Lipinski definition) is 2. The minimum atomic E-state index is -3.28. The Balaban J connectivity index is 1.47. The lowest BCUT2D eigenvalue weighted by molar-refractivity contribution is -0.156. The van der Waals surface area contributed by atoms with Crippen molar-refractivity contribution in [3.8, 4) is 11.4 Å². The third kappa shape index (κ3) is 9.96. The molecule has 5 rings (SSSR count). The number of aryl methyl sites for hydroxylation is 1. The number of fused-ring (bicyclic) bond motifs is 1. The summed E-state index contributed by atoms with van der Waals surface area (Å²) in [6.07, 6.45) is 2.69. The van der Waals surface area contributed by atoms with Crippen LogP contribution in [0.15, 0.2) is 48.2 Å². The molecule has 0 radical (unpaired) electrons. The maximum absolute atomic E-state index is 11.6. The average Bonchev–Trinajstić information content (AvgIpc) is 3.64. The number of anilines is 2. The van der Waals surface area contributed by atoms with Crippen LogP contribution in [0, 0.1) is 42.1 Å². The minimum absolute atomic E-state index is 0.000663. The van der Waals surface area contributed by atoms with E-state index in [0.29, 0.717) is 60.5 Å². The minimum Gasteiger partial charge on any atom is -0.475 e. The Hall–Kier alpha value is -3.92. The number of nitrogens with one attached hydrogen (secondary N) is 2. The molecule has 1 aromatic heterocycles. The lowest BCUT2D eigenvalue weighted by Crippen LogP contribution is -2.48. The molecule has 12 heteroatoms. The van der Waals surface area contributed by atoms with E-state index in [4.69, 9.17) is 26.1 Å². The number of sulfonamides is 1. The third-order valence-electron chi connectivity index (χ3n) is 11.5. The third-order valence-corrected chi connectivity index (χ3v) is 12.2. The number of hydrogen-bond acceptors (Lipinski definition) is 8. The first kappa shape index (κ1) is 43.2. The summed E-state index contributed by atoms with van der Waals surface area (Å²) < 4.78 is 41.0. The van der Waals surface area contributed by atoms with Crippen molar-refractivity contribution in [2.24, 2.45) is 28.6 Å². The molecule has 2 aliphatic rings. The van der Waals surface area contributed by atoms with Crippen LogP contribution in [0.1, 0.15) is 112 Å². The highest BCUT2D eigenvalue weighted by Crippen LogP contribution is 2.50. The highest BCUT2D eigenvalue weighted by atomic mass is 32.2. The molecule has 0 spiro atoms. The Morgan fingerprint density at radius 1 is 0.982 bits per heavy atom. The predicted molar refractivity (Wildman–Crippen MR) is 227 cm³/mol. The Labute approximate surface area is 336 Å². The van der Waals surface area contributed by atoms with Crippen LogP contribution in [0.2, 0.25) is 0 Å². The second kappa shape index (κ2) is 16.5. The molecule has 0 amide bonds. The Kier molecular flexibility index (Phi) is 12.7. The fraction of sp³-hybridized carbons (Fsp3) is 0.614. The first-order valence-electron chi connectivity index (χ1n) is 20.0. The molecule has 3 atom stereocenters. The Morgan fingerprint density at radius 3 is 2.12 bits per heavy atom. The summed E-state index contributed by atoms with van der Waals surface area (Å²) >= 11 is 0. The summed E-state index contributed by atoms with van der Waals surface area (Å²) in [6.45, 7) is 36.8. The van der Waals surface area contributed by atoms with Crippen LogP contribution < -0.4 is 14.9 Å². The van der Waals surface area contributed by atoms with Gasteiger partial charge in [-0.2, -0.15) is 0 Å². The number of likely N-dealkylation sites (N-methyl/N-ethyl adjacent to an activating group) is 1. The molecule has 2 N–H and O–H groups in total. The van der Waals surface area contributed by atoms with Gasteiger partial charge in [-0.25, -0.2) is 27.7 Å². The summed E-state index contributed by atoms with van der Waals surface area (Å²) in [5.41, 5.74) is 5.34. The number of ether oxygens (including phenoxy) is 2. The van der Waals surface area contributed by atoms with E-state index in [9.17, 15) is 8.42 Å². The molecule has 1 fully saturated rings. The fourth-order valence-corrected chi connectivity index (χ4v) is 8.69. The van der Waals surface area contributed by atoms with Crippen LogP contribution in [0.3, 0.4) is 0 Å². The smallest absolute Gasteiger partial charge is 0.253 e. The van der Waals surface area contributed by atoms with Crippen LogP contribution in [-0.2, 0) is 24.9 Å². The molecule has 1 aliphatic carbocycles. The molecule has 1 saturated carbocycles. The van der Waals surface area contributed by atoms with Gasteiger partial charge in [0, 0.05) is 36.6 Å². The van der Waals surface area contributed by atoms with Gasteiger partial charge in [0.15, 0.2) is 30.4 Å². The van der Waals surface area contributed by atoms with Crippen molar-refractivity contribution in [3.63, 3.8) is 0 Å². The van der Waals surface area contributed by atoms with Gasteiger partial charge in [-0.3, -0.25) is 0 Å². The van der Waals surface area contributed by atoms with E-state index in [1.54, 1.807) is 4.68 Å². The molecule has 2 heterocycles. The van der Waals surface area contributed by atoms with Crippen LogP contribution in [0.4, 0.5) is 11.4 Å². The molecule has 1 aliphatic heterocycles. The topological polar surface area (TPSA) is 115 Å². The van der Waals surface area contributed by atoms with E-state index < -0.39 is 16.2 Å². The molecule has 3 unspecified atom stereocenters. The quantitative estimate of drug-likeness (QED) is 0.130. The number of rotatable bonds is 13. The highest BCUT2D eigenvalue weighted by molar-refractivity contribution is 7.88. The standard InChI is InChI=1S/C44H65N7O4S/c1-15-50(23-22-46-56(14,52)53)32-20-21-35(29(3)26-32)47-40-36(45-13)38(41-48-39(49-51(40)41)30-16-18-31(19-17-30)42(4,5)6)55-27-54-37-33(43(7,8)9)24-28(2)25-34(37)44(10,11)12/h16-21,26,28,33-34,37,40,46-47H,15,22-25,27H2,1-12,14H3. The second-order valence-electron chi connectivity index (χ2n) is 19.1. The molecule has 306 valence electrons. The van der Waals surface area contributed by atoms with Crippen LogP contribution in [0.5, 0.6) is 0 Å². The van der Waals surface area contributed by atoms with Crippen molar-refractivity contribution in [3.05, 3.63) is 76.5 Å². The lowest BCUT2D eigenvalue weighted by atomic mass is 9.59. The van der Waals surface area contributed by atoms with Gasteiger partial charge < -0.3 is 19.7 Å². The van der Waals surface area contributed by atoms with Crippen molar-refractivity contribution in [1.82, 2.24) is 19.5 Å². The van der Waals surface area contributed by atoms with Gasteiger partial charge in [-0.1, -0.05) is 93.5 Å². The number of nitrogens with zero attached hydrogens (tertiary/aromatic N) is 5. The van der Waals surface area contributed by atoms with Crippen molar-refractivity contribution < 1.29 is 17.9 Å². The number of benzene rings is 2. The van der Waals surface area contributed by atoms with Crippen molar-refractivity contribution >= 4 is 27.2 Å². The van der Waals surface area contributed by atoms with E-state index >= 15 is 0 Å². The Morgan fingerprint density at radius 2 is 1.61 bits per heavy atom. The lowest BCUT2D eigenvalue weighted by Gasteiger charge is -2.50. The van der Waals surface area contributed by atoms with Gasteiger partial charge in [0.1, 0.15) is 0 Å². The van der Waals surface area contributed by atoms with Gasteiger partial charge in [-0.05, 0) is 90.0 Å². The van der Waals surface area contributed by atoms with Crippen LogP contribution in [0.25, 0.3) is 22.0 Å². The zero-order valence-corrected chi connectivity index (χ0v) is 36.8. The van der Waals surface area contributed by atoms with Gasteiger partial charge in [0.25, 0.3) is 5.70 Å². The zero-order chi connectivity index (χ0) is 41.4. The maximum Gasteiger partial charge on any atom is 0.253 e. The van der Waals surface area contributed by atoms with Gasteiger partial charge in [0.05, 0.1) is 18.9 Å². The van der Waals surface area contributed by atoms with Crippen LogP contribution in [-0.4, -0.2) is 62.0 Å². The predicted octanol–water partition coefficient (Wildman–Crippen LogP) is 9.25. The summed E-state index contributed by atoms with van der Waals surface area (Å²) in [4.78, 5) is 11.1. The second-order valence-corrected chi connectivity index (χ2v) is 20.9. The monoisotopic (exact) mass is 787 g/mol. The largest absolute Gasteiger partial charge is 0.475 e. The molecule has 56 heavy (non-hydrogen) atoms. The normalized spacial score (nSPS) is 21.8. The molecule has 3 aromatic rings. The molecule has 0 saturated heterocycles. The number of aromatic nitrogens is 3. The van der Waals surface area contributed by atoms with E-state index in [1.807, 2.05) is 38.1 Å². The molecule has 2 aromatic carbocycles. The summed E-state index contributed by atoms with van der Waals surface area (Å²) in [5.74, 6) is 2.71. The molecule has 11 nitrogen and oxygen atoms in total. The van der Waals surface area contributed by atoms with Gasteiger partial charge >= 0.3 is 0 Å². The van der Waals surface area contributed by atoms with Gasteiger partial charge in [-0.15, -0.1) is 5.10 Å². The van der Waals surface area contributed by atoms with E-state index in [2.05, 4.69) is 107 Å². The highest BCUT2D eigenvalue weighted by Gasteiger charge is 2.47. The van der Waals surface area contributed by atoms with E-state index in [-0.39, 0.29) is 29.1 Å². The summed E-state index contributed by atoms with van der Waals surface area (Å²) in [7, 11) is -3.28. The van der Waals surface area contributed by atoms with Crippen molar-refractivity contribution in [2.45, 2.75) is 114 Å².